The fourth-order valence-electron chi connectivity index (χ4n) is 5.41. The van der Waals surface area contributed by atoms with Crippen LogP contribution in [0, 0.1) is 0 Å². The predicted octanol–water partition coefficient (Wildman–Crippen LogP) is 6.47. The van der Waals surface area contributed by atoms with Crippen LogP contribution >= 0.6 is 0 Å². The zero-order chi connectivity index (χ0) is 23.3. The number of aliphatic hydroxyl groups is 1. The van der Waals surface area contributed by atoms with Crippen molar-refractivity contribution in [1.82, 2.24) is 4.90 Å². The first-order valence-electron chi connectivity index (χ1n) is 12.8. The van der Waals surface area contributed by atoms with Gasteiger partial charge >= 0.3 is 0 Å². The van der Waals surface area contributed by atoms with E-state index in [1.54, 1.807) is 12.1 Å². The number of likely N-dealkylation sites (tertiary alicyclic amines) is 1. The molecule has 2 aliphatic rings. The SMILES string of the molecule is OCCC/C(=C(\c1ccc(O)cc1)c1ccc(C2CCN(C3CC3)CC2)cc1)c1ccccc1. The monoisotopic (exact) mass is 453 g/mol. The highest BCUT2D eigenvalue weighted by Crippen LogP contribution is 2.38. The van der Waals surface area contributed by atoms with Crippen LogP contribution in [0.25, 0.3) is 11.1 Å². The number of rotatable bonds is 8. The van der Waals surface area contributed by atoms with Crippen molar-refractivity contribution in [2.24, 2.45) is 0 Å². The number of phenols is 1. The molecule has 5 rings (SSSR count). The Labute approximate surface area is 203 Å². The second-order valence-corrected chi connectivity index (χ2v) is 9.76. The summed E-state index contributed by atoms with van der Waals surface area (Å²) in [4.78, 5) is 2.68. The van der Waals surface area contributed by atoms with Crippen molar-refractivity contribution in [1.29, 1.82) is 0 Å². The normalized spacial score (nSPS) is 18.0. The van der Waals surface area contributed by atoms with Crippen molar-refractivity contribution in [3.05, 3.63) is 101 Å². The molecule has 3 aromatic carbocycles. The van der Waals surface area contributed by atoms with Gasteiger partial charge in [-0.15, -0.1) is 0 Å². The molecule has 1 aliphatic heterocycles. The third-order valence-electron chi connectivity index (χ3n) is 7.43. The van der Waals surface area contributed by atoms with E-state index < -0.39 is 0 Å². The van der Waals surface area contributed by atoms with E-state index >= 15 is 0 Å². The first kappa shape index (κ1) is 22.9. The van der Waals surface area contributed by atoms with Crippen molar-refractivity contribution in [3.8, 4) is 5.75 Å². The Morgan fingerprint density at radius 3 is 1.94 bits per heavy atom. The minimum Gasteiger partial charge on any atom is -0.508 e. The zero-order valence-corrected chi connectivity index (χ0v) is 19.9. The minimum atomic E-state index is 0.164. The molecule has 34 heavy (non-hydrogen) atoms. The van der Waals surface area contributed by atoms with Crippen LogP contribution in [-0.4, -0.2) is 40.9 Å². The molecule has 3 aromatic rings. The summed E-state index contributed by atoms with van der Waals surface area (Å²) in [6.07, 6.45) is 6.80. The Bertz CT molecular complexity index is 1090. The molecule has 0 spiro atoms. The van der Waals surface area contributed by atoms with Gasteiger partial charge in [0.2, 0.25) is 0 Å². The third-order valence-corrected chi connectivity index (χ3v) is 7.43. The Morgan fingerprint density at radius 1 is 0.735 bits per heavy atom. The molecular formula is C31H35NO2. The number of phenolic OH excluding ortho intramolecular Hbond substituents is 1. The molecule has 0 amide bonds. The van der Waals surface area contributed by atoms with Crippen molar-refractivity contribution in [2.75, 3.05) is 19.7 Å². The highest BCUT2D eigenvalue weighted by Gasteiger charge is 2.32. The molecule has 0 atom stereocenters. The van der Waals surface area contributed by atoms with E-state index in [0.29, 0.717) is 12.3 Å². The molecule has 1 saturated heterocycles. The van der Waals surface area contributed by atoms with Crippen molar-refractivity contribution < 1.29 is 10.2 Å². The maximum absolute atomic E-state index is 9.89. The fourth-order valence-corrected chi connectivity index (χ4v) is 5.41. The van der Waals surface area contributed by atoms with Crippen LogP contribution in [0.15, 0.2) is 78.9 Å². The lowest BCUT2D eigenvalue weighted by Gasteiger charge is -2.32. The van der Waals surface area contributed by atoms with E-state index in [0.717, 1.165) is 18.0 Å². The Morgan fingerprint density at radius 2 is 1.35 bits per heavy atom. The molecule has 1 saturated carbocycles. The van der Waals surface area contributed by atoms with Crippen LogP contribution in [-0.2, 0) is 0 Å². The van der Waals surface area contributed by atoms with Gasteiger partial charge in [0.15, 0.2) is 0 Å². The number of piperidine rings is 1. The van der Waals surface area contributed by atoms with Gasteiger partial charge in [-0.2, -0.15) is 0 Å². The summed E-state index contributed by atoms with van der Waals surface area (Å²) in [5, 5.41) is 19.5. The van der Waals surface area contributed by atoms with Gasteiger partial charge in [0, 0.05) is 12.6 Å². The molecule has 3 heteroatoms. The van der Waals surface area contributed by atoms with Crippen LogP contribution in [0.2, 0.25) is 0 Å². The highest BCUT2D eigenvalue weighted by atomic mass is 16.3. The van der Waals surface area contributed by atoms with E-state index in [4.69, 9.17) is 0 Å². The lowest BCUT2D eigenvalue weighted by atomic mass is 9.85. The number of nitrogens with zero attached hydrogens (tertiary/aromatic N) is 1. The third kappa shape index (κ3) is 5.27. The predicted molar refractivity (Wildman–Crippen MR) is 140 cm³/mol. The molecule has 1 aliphatic carbocycles. The molecule has 0 unspecified atom stereocenters. The summed E-state index contributed by atoms with van der Waals surface area (Å²) in [6.45, 7) is 2.63. The van der Waals surface area contributed by atoms with Gasteiger partial charge in [0.1, 0.15) is 5.75 Å². The van der Waals surface area contributed by atoms with E-state index in [1.165, 1.54) is 66.6 Å². The summed E-state index contributed by atoms with van der Waals surface area (Å²) in [6, 6.07) is 28.0. The Hall–Kier alpha value is -2.88. The lowest BCUT2D eigenvalue weighted by Crippen LogP contribution is -2.34. The summed E-state index contributed by atoms with van der Waals surface area (Å²) in [5.74, 6) is 0.917. The van der Waals surface area contributed by atoms with Crippen molar-refractivity contribution in [3.63, 3.8) is 0 Å². The van der Waals surface area contributed by atoms with Gasteiger partial charge in [-0.05, 0) is 103 Å². The molecule has 0 radical (unpaired) electrons. The molecule has 0 aromatic heterocycles. The largest absolute Gasteiger partial charge is 0.508 e. The first-order valence-corrected chi connectivity index (χ1v) is 12.8. The van der Waals surface area contributed by atoms with Crippen LogP contribution in [0.4, 0.5) is 0 Å². The fraction of sp³-hybridized carbons (Fsp3) is 0.355. The van der Waals surface area contributed by atoms with Gasteiger partial charge < -0.3 is 15.1 Å². The highest BCUT2D eigenvalue weighted by molar-refractivity contribution is 5.98. The molecule has 3 nitrogen and oxygen atoms in total. The minimum absolute atomic E-state index is 0.164. The first-order chi connectivity index (χ1) is 16.7. The molecule has 2 N–H and O–H groups in total. The van der Waals surface area contributed by atoms with Crippen molar-refractivity contribution in [2.45, 2.75) is 50.5 Å². The van der Waals surface area contributed by atoms with Crippen LogP contribution < -0.4 is 0 Å². The molecular weight excluding hydrogens is 418 g/mol. The number of hydrogen-bond donors (Lipinski definition) is 2. The lowest BCUT2D eigenvalue weighted by molar-refractivity contribution is 0.203. The van der Waals surface area contributed by atoms with Gasteiger partial charge in [0.05, 0.1) is 0 Å². The topological polar surface area (TPSA) is 43.7 Å². The van der Waals surface area contributed by atoms with E-state index in [2.05, 4.69) is 53.4 Å². The summed E-state index contributed by atoms with van der Waals surface area (Å²) < 4.78 is 0. The van der Waals surface area contributed by atoms with Crippen LogP contribution in [0.1, 0.15) is 66.7 Å². The number of aromatic hydroxyl groups is 1. The Balaban J connectivity index is 1.49. The summed E-state index contributed by atoms with van der Waals surface area (Å²) in [7, 11) is 0. The molecule has 1 heterocycles. The number of aliphatic hydroxyl groups excluding tert-OH is 1. The molecule has 176 valence electrons. The Kier molecular flexibility index (Phi) is 7.13. The smallest absolute Gasteiger partial charge is 0.115 e. The quantitative estimate of drug-likeness (QED) is 0.384. The van der Waals surface area contributed by atoms with Crippen LogP contribution in [0.3, 0.4) is 0 Å². The zero-order valence-electron chi connectivity index (χ0n) is 19.9. The second kappa shape index (κ2) is 10.6. The average molecular weight is 454 g/mol. The maximum Gasteiger partial charge on any atom is 0.115 e. The number of benzene rings is 3. The maximum atomic E-state index is 9.89. The average Bonchev–Trinajstić information content (AvgIpc) is 3.74. The van der Waals surface area contributed by atoms with E-state index in [1.807, 2.05) is 18.2 Å². The van der Waals surface area contributed by atoms with E-state index in [-0.39, 0.29) is 12.4 Å². The van der Waals surface area contributed by atoms with Gasteiger partial charge in [-0.1, -0.05) is 66.7 Å². The van der Waals surface area contributed by atoms with Crippen molar-refractivity contribution >= 4 is 11.1 Å². The van der Waals surface area contributed by atoms with E-state index in [9.17, 15) is 10.2 Å². The number of allylic oxidation sites excluding steroid dienone is 1. The number of hydrogen-bond acceptors (Lipinski definition) is 3. The van der Waals surface area contributed by atoms with Gasteiger partial charge in [0.25, 0.3) is 0 Å². The van der Waals surface area contributed by atoms with Crippen LogP contribution in [0.5, 0.6) is 5.75 Å². The van der Waals surface area contributed by atoms with Gasteiger partial charge in [-0.25, -0.2) is 0 Å². The van der Waals surface area contributed by atoms with Gasteiger partial charge in [-0.3, -0.25) is 0 Å². The second-order valence-electron chi connectivity index (χ2n) is 9.76. The summed E-state index contributed by atoms with van der Waals surface area (Å²) >= 11 is 0. The standard InChI is InChI=1S/C31H35NO2/c33-22-4-7-30(25-5-2-1-3-6-25)31(27-12-16-29(34)17-13-27)26-10-8-23(9-11-26)24-18-20-32(21-19-24)28-14-15-28/h1-3,5-6,8-13,16-17,24,28,33-34H,4,7,14-15,18-22H2/b31-30+. The molecule has 0 bridgehead atoms. The summed E-state index contributed by atoms with van der Waals surface area (Å²) in [5.41, 5.74) is 7.29. The molecule has 2 fully saturated rings.